The van der Waals surface area contributed by atoms with Gasteiger partial charge in [-0.25, -0.2) is 15.0 Å². The number of aliphatic hydroxyl groups is 4. The third-order valence-corrected chi connectivity index (χ3v) is 16.3. The van der Waals surface area contributed by atoms with E-state index >= 15 is 0 Å². The molecule has 0 spiro atoms. The van der Waals surface area contributed by atoms with Crippen molar-refractivity contribution in [1.29, 1.82) is 0 Å². The molecule has 0 fully saturated rings. The fourth-order valence-electron chi connectivity index (χ4n) is 12.2. The monoisotopic (exact) mass is 1230 g/mol. The Labute approximate surface area is 527 Å². The van der Waals surface area contributed by atoms with E-state index in [1.165, 1.54) is 0 Å². The first-order valence-electron chi connectivity index (χ1n) is 30.6. The second-order valence-electron chi connectivity index (χ2n) is 23.2. The molecule has 6 aromatic heterocycles. The molecule has 0 bridgehead atoms. The van der Waals surface area contributed by atoms with Crippen molar-refractivity contribution in [3.8, 4) is 17.2 Å². The third kappa shape index (κ3) is 13.5. The molecular weight excluding hydrogens is 1140 g/mol. The second-order valence-corrected chi connectivity index (χ2v) is 23.2. The number of ether oxygens (including phenoxy) is 3. The first-order chi connectivity index (χ1) is 44.1. The Bertz CT molecular complexity index is 5020. The predicted octanol–water partition coefficient (Wildman–Crippen LogP) is 0.444. The number of H-pyrrole nitrogens is 6. The summed E-state index contributed by atoms with van der Waals surface area (Å²) in [6.45, 7) is 18.5. The van der Waals surface area contributed by atoms with Crippen LogP contribution in [0.4, 0.5) is 0 Å². The third-order valence-electron chi connectivity index (χ3n) is 16.3. The maximum atomic E-state index is 10.2. The molecule has 0 aliphatic carbocycles. The van der Waals surface area contributed by atoms with Gasteiger partial charge in [-0.3, -0.25) is 0 Å². The molecule has 9 heterocycles. The number of aromatic amines is 6. The first kappa shape index (κ1) is 64.7. The Morgan fingerprint density at radius 3 is 1.08 bits per heavy atom. The van der Waals surface area contributed by atoms with Crippen LogP contribution in [0, 0.1) is 41.5 Å². The number of para-hydroxylation sites is 3. The number of rotatable bonds is 18. The van der Waals surface area contributed by atoms with Crippen molar-refractivity contribution in [2.24, 2.45) is 15.0 Å². The van der Waals surface area contributed by atoms with Crippen LogP contribution < -0.4 is 94.0 Å². The highest BCUT2D eigenvalue weighted by Crippen LogP contribution is 2.22. The molecule has 19 heteroatoms. The average molecular weight is 1230 g/mol. The Morgan fingerprint density at radius 2 is 0.791 bits per heavy atom. The molecule has 0 radical (unpaired) electrons. The Kier molecular flexibility index (Phi) is 20.4. The minimum Gasteiger partial charge on any atom is -0.494 e. The fraction of sp³-hybridized carbons (Fsp3) is 0.292. The molecule has 3 aromatic carbocycles. The zero-order chi connectivity index (χ0) is 64.6. The lowest BCUT2D eigenvalue weighted by Crippen LogP contribution is -2.30. The van der Waals surface area contributed by atoms with Crippen molar-refractivity contribution in [2.75, 3.05) is 61.2 Å². The van der Waals surface area contributed by atoms with E-state index in [4.69, 9.17) is 29.2 Å². The molecule has 0 amide bonds. The van der Waals surface area contributed by atoms with Crippen molar-refractivity contribution in [2.45, 2.75) is 81.3 Å². The normalized spacial score (nSPS) is 15.5. The van der Waals surface area contributed by atoms with Crippen molar-refractivity contribution < 1.29 is 34.6 Å². The van der Waals surface area contributed by atoms with Crippen LogP contribution in [0.1, 0.15) is 81.4 Å². The number of methoxy groups -OCH3 is 3. The molecule has 0 unspecified atom stereocenters. The quantitative estimate of drug-likeness (QED) is 0.0527. The van der Waals surface area contributed by atoms with Gasteiger partial charge in [-0.2, -0.15) is 0 Å². The van der Waals surface area contributed by atoms with Crippen LogP contribution in [0.15, 0.2) is 106 Å². The molecular formula is C72H84N12O7. The van der Waals surface area contributed by atoms with Crippen LogP contribution in [0.3, 0.4) is 0 Å². The van der Waals surface area contributed by atoms with E-state index in [1.54, 1.807) is 21.3 Å². The van der Waals surface area contributed by atoms with Gasteiger partial charge in [0.15, 0.2) is 0 Å². The van der Waals surface area contributed by atoms with Gasteiger partial charge >= 0.3 is 0 Å². The Balaban J connectivity index is 0.000000150. The molecule has 0 saturated heterocycles. The molecule has 12 rings (SSSR count). The van der Waals surface area contributed by atoms with Crippen LogP contribution in [0.5, 0.6) is 17.2 Å². The van der Waals surface area contributed by atoms with Crippen LogP contribution in [-0.4, -0.2) is 118 Å². The Hall–Kier alpha value is -9.31. The van der Waals surface area contributed by atoms with Gasteiger partial charge in [-0.05, 0) is 120 Å². The molecule has 9 aromatic rings. The van der Waals surface area contributed by atoms with Crippen molar-refractivity contribution in [3.05, 3.63) is 222 Å². The van der Waals surface area contributed by atoms with Gasteiger partial charge in [0.05, 0.1) is 113 Å². The molecule has 3 aliphatic heterocycles. The van der Waals surface area contributed by atoms with Crippen LogP contribution in [-0.2, 0) is 19.8 Å². The van der Waals surface area contributed by atoms with Gasteiger partial charge in [0, 0.05) is 115 Å². The van der Waals surface area contributed by atoms with E-state index < -0.39 is 0 Å². The number of hydrogen-bond donors (Lipinski definition) is 13. The van der Waals surface area contributed by atoms with Gasteiger partial charge in [0.2, 0.25) is 0 Å². The maximum Gasteiger partial charge on any atom is 0.150 e. The smallest absolute Gasteiger partial charge is 0.150 e. The number of aryl methyl sites for hydroxylation is 6. The summed E-state index contributed by atoms with van der Waals surface area (Å²) in [4.78, 5) is 35.2. The van der Waals surface area contributed by atoms with Crippen LogP contribution >= 0.6 is 0 Å². The number of benzene rings is 3. The maximum absolute atomic E-state index is 10.2. The Morgan fingerprint density at radius 1 is 0.462 bits per heavy atom. The summed E-state index contributed by atoms with van der Waals surface area (Å²) in [5.74, 6) is 1.88. The number of aliphatic hydroxyl groups excluding tert-OH is 4. The molecule has 0 atom stereocenters. The van der Waals surface area contributed by atoms with Crippen LogP contribution in [0.25, 0.3) is 52.0 Å². The molecule has 474 valence electrons. The number of hydrogen-bond acceptors (Lipinski definition) is 13. The zero-order valence-corrected chi connectivity index (χ0v) is 54.0. The summed E-state index contributed by atoms with van der Waals surface area (Å²) in [6, 6.07) is 30.9. The average Bonchev–Trinajstić information content (AvgIpc) is 1.82. The van der Waals surface area contributed by atoms with Gasteiger partial charge in [0.25, 0.3) is 0 Å². The van der Waals surface area contributed by atoms with E-state index in [0.717, 1.165) is 148 Å². The summed E-state index contributed by atoms with van der Waals surface area (Å²) in [5, 5.41) is 60.5. The van der Waals surface area contributed by atoms with E-state index in [9.17, 15) is 20.4 Å². The SMILES string of the molecule is CNCC1=c2ccccc2=NC1=c1[nH]/c(=C\c2[nH]c(C)cc2C)c(OC)c1CO.COc1c(CO)c(=C2N=c3ccccc3=C2CNC(C)C)[nH]/c1=C\c1[nH]c(C)cc1C.COc1c(CO)c(=C2N=c3ccccc3=C2CNCCO)[nH]/c1=C\c1[nH]c(C)cc1C. The lowest BCUT2D eigenvalue weighted by atomic mass is 10.1. The van der Waals surface area contributed by atoms with Crippen molar-refractivity contribution in [1.82, 2.24) is 45.9 Å². The lowest BCUT2D eigenvalue weighted by molar-refractivity contribution is 0.273. The molecule has 19 nitrogen and oxygen atoms in total. The van der Waals surface area contributed by atoms with E-state index in [2.05, 4.69) is 111 Å². The number of aromatic nitrogens is 6. The topological polar surface area (TPSA) is 277 Å². The van der Waals surface area contributed by atoms with Crippen LogP contribution in [0.2, 0.25) is 0 Å². The summed E-state index contributed by atoms with van der Waals surface area (Å²) in [6.07, 6.45) is 6.04. The summed E-state index contributed by atoms with van der Waals surface area (Å²) in [7, 11) is 6.78. The van der Waals surface area contributed by atoms with Gasteiger partial charge in [-0.1, -0.05) is 68.4 Å². The molecule has 91 heavy (non-hydrogen) atoms. The van der Waals surface area contributed by atoms with Gasteiger partial charge in [0.1, 0.15) is 17.2 Å². The van der Waals surface area contributed by atoms with Crippen molar-refractivity contribution in [3.63, 3.8) is 0 Å². The highest BCUT2D eigenvalue weighted by Gasteiger charge is 2.23. The minimum atomic E-state index is -0.182. The summed E-state index contributed by atoms with van der Waals surface area (Å²) < 4.78 is 17.1. The van der Waals surface area contributed by atoms with Crippen molar-refractivity contribution >= 4 is 52.0 Å². The number of nitrogens with one attached hydrogen (secondary N) is 9. The summed E-state index contributed by atoms with van der Waals surface area (Å²) >= 11 is 0. The molecule has 3 aliphatic rings. The summed E-state index contributed by atoms with van der Waals surface area (Å²) in [5.41, 5.74) is 17.5. The lowest BCUT2D eigenvalue weighted by Gasteiger charge is -2.10. The van der Waals surface area contributed by atoms with E-state index in [0.29, 0.717) is 66.2 Å². The zero-order valence-electron chi connectivity index (χ0n) is 54.0. The van der Waals surface area contributed by atoms with Gasteiger partial charge < -0.3 is 80.5 Å². The molecule has 0 saturated carbocycles. The minimum absolute atomic E-state index is 0.0631. The predicted molar refractivity (Wildman–Crippen MR) is 358 cm³/mol. The number of fused-ring (bicyclic) bond motifs is 3. The highest BCUT2D eigenvalue weighted by atomic mass is 16.5. The van der Waals surface area contributed by atoms with E-state index in [1.807, 2.05) is 107 Å². The van der Waals surface area contributed by atoms with E-state index in [-0.39, 0.29) is 26.4 Å². The van der Waals surface area contributed by atoms with Gasteiger partial charge in [-0.15, -0.1) is 0 Å². The molecule has 13 N–H and O–H groups in total. The highest BCUT2D eigenvalue weighted by molar-refractivity contribution is 5.92. The standard InChI is InChI=1S/C25H30N4O2.C24H28N4O3.C23H26N4O2/c1-14(2)26-12-18-17-8-6-7-9-20(17)28-23(18)24-19(13-30)25(31-5)22(29-24)11-21-15(3)10-16(4)27-21;1-14-10-15(2)26-20(14)11-21-24(31-3)18(13-30)23(28-21)22-17(12-25-8-9-29)16-6-4-5-7-19(16)27-22;1-13-9-14(2)25-19(13)10-20-23(29-4)17(12-28)22(27-20)21-16(11-24-3)15-7-5-6-8-18(15)26-21/h6-11,14,26-27,29-30H,12-13H2,1-5H3;4-7,10-11,25-26,28-30H,8-9,12-13H2,1-3H3;5-10,24-25,27-28H,11-12H2,1-4H3/b22-11-,24-23?;21-11-,23-22?;20-10-,22-21?. The first-order valence-corrected chi connectivity index (χ1v) is 30.6. The largest absolute Gasteiger partial charge is 0.494 e. The second kappa shape index (κ2) is 28.7. The number of nitrogens with zero attached hydrogens (tertiary/aromatic N) is 3. The fourth-order valence-corrected chi connectivity index (χ4v) is 12.2.